The first-order valence-corrected chi connectivity index (χ1v) is 7.86. The molecular weight excluding hydrogens is 366 g/mol. The Kier molecular flexibility index (Phi) is 4.65. The van der Waals surface area contributed by atoms with Gasteiger partial charge in [-0.15, -0.1) is 0 Å². The predicted molar refractivity (Wildman–Crippen MR) is 93.3 cm³/mol. The number of halogens is 3. The molecule has 3 rings (SSSR count). The second-order valence-electron chi connectivity index (χ2n) is 5.52. The number of ether oxygens (including phenoxy) is 1. The molecule has 0 aliphatic carbocycles. The lowest BCUT2D eigenvalue weighted by atomic mass is 10.2. The minimum absolute atomic E-state index is 0.0120. The summed E-state index contributed by atoms with van der Waals surface area (Å²) in [5.41, 5.74) is -0.0782. The molecule has 0 atom stereocenters. The number of imide groups is 1. The van der Waals surface area contributed by atoms with Crippen LogP contribution in [-0.2, 0) is 9.59 Å². The smallest absolute Gasteiger partial charge is 0.282 e. The highest BCUT2D eigenvalue weighted by Crippen LogP contribution is 2.37. The van der Waals surface area contributed by atoms with Crippen LogP contribution in [0.4, 0.5) is 20.2 Å². The second kappa shape index (κ2) is 6.76. The van der Waals surface area contributed by atoms with Crippen LogP contribution in [0, 0.1) is 18.6 Å². The summed E-state index contributed by atoms with van der Waals surface area (Å²) in [7, 11) is 1.36. The van der Waals surface area contributed by atoms with Gasteiger partial charge in [-0.1, -0.05) is 17.7 Å². The van der Waals surface area contributed by atoms with Gasteiger partial charge in [0.15, 0.2) is 5.75 Å². The summed E-state index contributed by atoms with van der Waals surface area (Å²) in [6.07, 6.45) is 1.04. The average Bonchev–Trinajstić information content (AvgIpc) is 2.86. The Labute approximate surface area is 152 Å². The largest absolute Gasteiger partial charge is 0.493 e. The first-order valence-electron chi connectivity index (χ1n) is 7.48. The number of methoxy groups -OCH3 is 1. The SMILES string of the molecule is COc1c(Cl)cccc1N1C(=O)C=C(Nc2cc(F)c(C)c(F)c2)C1=O. The van der Waals surface area contributed by atoms with Gasteiger partial charge >= 0.3 is 0 Å². The number of nitrogens with zero attached hydrogens (tertiary/aromatic N) is 1. The van der Waals surface area contributed by atoms with Crippen molar-refractivity contribution >= 4 is 34.8 Å². The molecule has 134 valence electrons. The topological polar surface area (TPSA) is 58.6 Å². The van der Waals surface area contributed by atoms with E-state index in [0.29, 0.717) is 0 Å². The van der Waals surface area contributed by atoms with Crippen LogP contribution < -0.4 is 15.0 Å². The molecule has 2 amide bonds. The molecule has 1 aliphatic rings. The number of nitrogens with one attached hydrogen (secondary N) is 1. The van der Waals surface area contributed by atoms with E-state index in [2.05, 4.69) is 5.32 Å². The van der Waals surface area contributed by atoms with Gasteiger partial charge in [-0.25, -0.2) is 13.7 Å². The van der Waals surface area contributed by atoms with Crippen LogP contribution >= 0.6 is 11.6 Å². The van der Waals surface area contributed by atoms with Crippen LogP contribution in [-0.4, -0.2) is 18.9 Å². The first kappa shape index (κ1) is 17.9. The summed E-state index contributed by atoms with van der Waals surface area (Å²) < 4.78 is 32.5. The molecule has 2 aromatic rings. The number of anilines is 2. The lowest BCUT2D eigenvalue weighted by Crippen LogP contribution is -2.32. The third-order valence-electron chi connectivity index (χ3n) is 3.87. The van der Waals surface area contributed by atoms with E-state index in [0.717, 1.165) is 23.1 Å². The zero-order chi connectivity index (χ0) is 19.0. The van der Waals surface area contributed by atoms with Gasteiger partial charge in [0.25, 0.3) is 11.8 Å². The highest BCUT2D eigenvalue weighted by Gasteiger charge is 2.35. The van der Waals surface area contributed by atoms with Crippen molar-refractivity contribution in [2.75, 3.05) is 17.3 Å². The van der Waals surface area contributed by atoms with Crippen molar-refractivity contribution in [2.24, 2.45) is 0 Å². The number of para-hydroxylation sites is 1. The van der Waals surface area contributed by atoms with E-state index in [4.69, 9.17) is 16.3 Å². The number of amides is 2. The van der Waals surface area contributed by atoms with E-state index in [9.17, 15) is 18.4 Å². The summed E-state index contributed by atoms with van der Waals surface area (Å²) in [5, 5.41) is 2.81. The molecular formula is C18H13ClF2N2O3. The number of rotatable bonds is 4. The van der Waals surface area contributed by atoms with Crippen LogP contribution in [0.15, 0.2) is 42.1 Å². The Morgan fingerprint density at radius 2 is 1.81 bits per heavy atom. The maximum absolute atomic E-state index is 13.7. The normalized spacial score (nSPS) is 13.9. The van der Waals surface area contributed by atoms with Gasteiger partial charge in [-0.05, 0) is 31.2 Å². The second-order valence-corrected chi connectivity index (χ2v) is 5.93. The number of hydrogen-bond acceptors (Lipinski definition) is 4. The molecule has 0 saturated heterocycles. The molecule has 0 aromatic heterocycles. The fourth-order valence-electron chi connectivity index (χ4n) is 2.54. The van der Waals surface area contributed by atoms with Gasteiger partial charge in [0.1, 0.15) is 17.3 Å². The molecule has 1 N–H and O–H groups in total. The van der Waals surface area contributed by atoms with Crippen molar-refractivity contribution in [2.45, 2.75) is 6.92 Å². The summed E-state index contributed by atoms with van der Waals surface area (Å²) in [4.78, 5) is 25.8. The minimum atomic E-state index is -0.766. The van der Waals surface area contributed by atoms with Crippen molar-refractivity contribution in [1.82, 2.24) is 0 Å². The number of carbonyl (C=O) groups excluding carboxylic acids is 2. The zero-order valence-corrected chi connectivity index (χ0v) is 14.5. The van der Waals surface area contributed by atoms with E-state index in [-0.39, 0.29) is 33.4 Å². The number of hydrogen-bond donors (Lipinski definition) is 1. The van der Waals surface area contributed by atoms with E-state index < -0.39 is 23.4 Å². The minimum Gasteiger partial charge on any atom is -0.493 e. The molecule has 0 bridgehead atoms. The van der Waals surface area contributed by atoms with Crippen LogP contribution in [0.2, 0.25) is 5.02 Å². The lowest BCUT2D eigenvalue weighted by molar-refractivity contribution is -0.120. The Bertz CT molecular complexity index is 936. The van der Waals surface area contributed by atoms with Crippen molar-refractivity contribution < 1.29 is 23.1 Å². The average molecular weight is 379 g/mol. The lowest BCUT2D eigenvalue weighted by Gasteiger charge is -2.19. The third kappa shape index (κ3) is 3.01. The van der Waals surface area contributed by atoms with Crippen molar-refractivity contribution in [3.05, 3.63) is 64.3 Å². The molecule has 0 fully saturated rings. The summed E-state index contributed by atoms with van der Waals surface area (Å²) in [6.45, 7) is 1.30. The summed E-state index contributed by atoms with van der Waals surface area (Å²) in [6, 6.07) is 6.71. The van der Waals surface area contributed by atoms with E-state index >= 15 is 0 Å². The summed E-state index contributed by atoms with van der Waals surface area (Å²) >= 11 is 6.03. The monoisotopic (exact) mass is 378 g/mol. The molecule has 0 spiro atoms. The molecule has 8 heteroatoms. The fourth-order valence-corrected chi connectivity index (χ4v) is 2.78. The Morgan fingerprint density at radius 1 is 1.15 bits per heavy atom. The summed E-state index contributed by atoms with van der Waals surface area (Å²) in [5.74, 6) is -2.70. The van der Waals surface area contributed by atoms with Crippen LogP contribution in [0.5, 0.6) is 5.75 Å². The van der Waals surface area contributed by atoms with Crippen molar-refractivity contribution in [1.29, 1.82) is 0 Å². The standard InChI is InChI=1S/C18H13ClF2N2O3/c1-9-12(20)6-10(7-13(9)21)22-14-8-16(24)23(18(14)25)15-5-3-4-11(19)17(15)26-2/h3-8,22H,1-2H3. The van der Waals surface area contributed by atoms with Crippen molar-refractivity contribution in [3.8, 4) is 5.75 Å². The van der Waals surface area contributed by atoms with Crippen molar-refractivity contribution in [3.63, 3.8) is 0 Å². The highest BCUT2D eigenvalue weighted by molar-refractivity contribution is 6.35. The maximum Gasteiger partial charge on any atom is 0.282 e. The Hall–Kier alpha value is -2.93. The third-order valence-corrected chi connectivity index (χ3v) is 4.17. The number of benzene rings is 2. The van der Waals surface area contributed by atoms with Gasteiger partial charge in [-0.2, -0.15) is 0 Å². The van der Waals surface area contributed by atoms with Gasteiger partial charge in [-0.3, -0.25) is 9.59 Å². The molecule has 1 aliphatic heterocycles. The molecule has 5 nitrogen and oxygen atoms in total. The van der Waals surface area contributed by atoms with E-state index in [1.54, 1.807) is 12.1 Å². The van der Waals surface area contributed by atoms with E-state index in [1.807, 2.05) is 0 Å². The maximum atomic E-state index is 13.7. The van der Waals surface area contributed by atoms with E-state index in [1.165, 1.54) is 20.1 Å². The van der Waals surface area contributed by atoms with Gasteiger partial charge < -0.3 is 10.1 Å². The van der Waals surface area contributed by atoms with Gasteiger partial charge in [0.05, 0.1) is 17.8 Å². The molecule has 0 radical (unpaired) electrons. The Morgan fingerprint density at radius 3 is 2.42 bits per heavy atom. The fraction of sp³-hybridized carbons (Fsp3) is 0.111. The molecule has 0 saturated carbocycles. The van der Waals surface area contributed by atoms with Crippen LogP contribution in [0.1, 0.15) is 5.56 Å². The Balaban J connectivity index is 1.92. The quantitative estimate of drug-likeness (QED) is 0.822. The van der Waals surface area contributed by atoms with Crippen LogP contribution in [0.3, 0.4) is 0 Å². The first-order chi connectivity index (χ1) is 12.3. The molecule has 0 unspecified atom stereocenters. The van der Waals surface area contributed by atoms with Gasteiger partial charge in [0, 0.05) is 17.3 Å². The van der Waals surface area contributed by atoms with Gasteiger partial charge in [0.2, 0.25) is 0 Å². The van der Waals surface area contributed by atoms with Crippen LogP contribution in [0.25, 0.3) is 0 Å². The highest BCUT2D eigenvalue weighted by atomic mass is 35.5. The number of carbonyl (C=O) groups is 2. The predicted octanol–water partition coefficient (Wildman–Crippen LogP) is 3.80. The molecule has 26 heavy (non-hydrogen) atoms. The zero-order valence-electron chi connectivity index (χ0n) is 13.8. The molecule has 1 heterocycles. The molecule has 2 aromatic carbocycles.